The van der Waals surface area contributed by atoms with Crippen molar-refractivity contribution < 1.29 is 4.79 Å². The van der Waals surface area contributed by atoms with E-state index in [0.29, 0.717) is 12.5 Å². The van der Waals surface area contributed by atoms with Gasteiger partial charge < -0.3 is 16.0 Å². The standard InChI is InChI=1S/C15H23N3O/c1-11(12-3-5-13(16)6-4-12)9-15(19)17-14-7-8-18(2)10-14/h3-6,11,14H,7-10,16H2,1-2H3,(H,17,19). The van der Waals surface area contributed by atoms with Gasteiger partial charge in [0, 0.05) is 24.7 Å². The molecule has 1 aliphatic heterocycles. The molecule has 1 aromatic rings. The van der Waals surface area contributed by atoms with Crippen LogP contribution in [0.1, 0.15) is 31.2 Å². The van der Waals surface area contributed by atoms with Crippen LogP contribution in [0.4, 0.5) is 5.69 Å². The highest BCUT2D eigenvalue weighted by atomic mass is 16.1. The molecule has 0 saturated carbocycles. The number of rotatable bonds is 4. The summed E-state index contributed by atoms with van der Waals surface area (Å²) in [5, 5.41) is 3.12. The quantitative estimate of drug-likeness (QED) is 0.809. The maximum absolute atomic E-state index is 12.0. The van der Waals surface area contributed by atoms with Crippen LogP contribution >= 0.6 is 0 Å². The molecule has 0 spiro atoms. The van der Waals surface area contributed by atoms with Crippen molar-refractivity contribution in [2.24, 2.45) is 0 Å². The van der Waals surface area contributed by atoms with Crippen molar-refractivity contribution in [3.05, 3.63) is 29.8 Å². The van der Waals surface area contributed by atoms with Crippen LogP contribution in [0.5, 0.6) is 0 Å². The van der Waals surface area contributed by atoms with Gasteiger partial charge in [0.15, 0.2) is 0 Å². The molecule has 104 valence electrons. The Morgan fingerprint density at radius 1 is 1.47 bits per heavy atom. The number of amides is 1. The molecule has 4 nitrogen and oxygen atoms in total. The van der Waals surface area contributed by atoms with Crippen LogP contribution in [0.25, 0.3) is 0 Å². The Kier molecular flexibility index (Phi) is 4.43. The largest absolute Gasteiger partial charge is 0.399 e. The van der Waals surface area contributed by atoms with E-state index in [9.17, 15) is 4.79 Å². The van der Waals surface area contributed by atoms with Gasteiger partial charge in [-0.05, 0) is 43.6 Å². The van der Waals surface area contributed by atoms with Crippen LogP contribution in [0, 0.1) is 0 Å². The number of hydrogen-bond donors (Lipinski definition) is 2. The Bertz CT molecular complexity index is 430. The van der Waals surface area contributed by atoms with Gasteiger partial charge in [0.1, 0.15) is 0 Å². The molecule has 1 saturated heterocycles. The van der Waals surface area contributed by atoms with Crippen molar-refractivity contribution in [1.29, 1.82) is 0 Å². The zero-order chi connectivity index (χ0) is 13.8. The molecule has 0 aliphatic carbocycles. The van der Waals surface area contributed by atoms with Crippen molar-refractivity contribution in [3.8, 4) is 0 Å². The molecule has 19 heavy (non-hydrogen) atoms. The molecule has 1 aromatic carbocycles. The minimum absolute atomic E-state index is 0.143. The van der Waals surface area contributed by atoms with E-state index >= 15 is 0 Å². The zero-order valence-electron chi connectivity index (χ0n) is 11.7. The molecule has 2 rings (SSSR count). The van der Waals surface area contributed by atoms with Gasteiger partial charge in [-0.3, -0.25) is 4.79 Å². The van der Waals surface area contributed by atoms with E-state index in [1.807, 2.05) is 24.3 Å². The fourth-order valence-electron chi connectivity index (χ4n) is 2.56. The summed E-state index contributed by atoms with van der Waals surface area (Å²) in [5.74, 6) is 0.365. The number of carbonyl (C=O) groups is 1. The maximum atomic E-state index is 12.0. The first kappa shape index (κ1) is 13.9. The van der Waals surface area contributed by atoms with Gasteiger partial charge in [-0.15, -0.1) is 0 Å². The van der Waals surface area contributed by atoms with Crippen LogP contribution in [0.2, 0.25) is 0 Å². The lowest BCUT2D eigenvalue weighted by Crippen LogP contribution is -2.36. The minimum atomic E-state index is 0.143. The molecule has 2 unspecified atom stereocenters. The Labute approximate surface area is 115 Å². The number of nitrogens with one attached hydrogen (secondary N) is 1. The van der Waals surface area contributed by atoms with Crippen LogP contribution in [0.15, 0.2) is 24.3 Å². The van der Waals surface area contributed by atoms with Crippen LogP contribution in [-0.2, 0) is 4.79 Å². The highest BCUT2D eigenvalue weighted by molar-refractivity contribution is 5.77. The lowest BCUT2D eigenvalue weighted by Gasteiger charge is -2.16. The average molecular weight is 261 g/mol. The predicted molar refractivity (Wildman–Crippen MR) is 77.9 cm³/mol. The van der Waals surface area contributed by atoms with Gasteiger partial charge >= 0.3 is 0 Å². The lowest BCUT2D eigenvalue weighted by molar-refractivity contribution is -0.122. The molecule has 0 radical (unpaired) electrons. The Balaban J connectivity index is 1.83. The number of nitrogen functional groups attached to an aromatic ring is 1. The average Bonchev–Trinajstić information content (AvgIpc) is 2.75. The van der Waals surface area contributed by atoms with Crippen LogP contribution < -0.4 is 11.1 Å². The summed E-state index contributed by atoms with van der Waals surface area (Å²) in [6, 6.07) is 8.08. The maximum Gasteiger partial charge on any atom is 0.220 e. The van der Waals surface area contributed by atoms with Gasteiger partial charge in [-0.2, -0.15) is 0 Å². The first-order chi connectivity index (χ1) is 9.04. The first-order valence-electron chi connectivity index (χ1n) is 6.88. The number of nitrogens with zero attached hydrogens (tertiary/aromatic N) is 1. The van der Waals surface area contributed by atoms with E-state index in [0.717, 1.165) is 30.8 Å². The molecule has 1 amide bonds. The number of nitrogens with two attached hydrogens (primary N) is 1. The molecule has 4 heteroatoms. The van der Waals surface area contributed by atoms with Gasteiger partial charge in [0.2, 0.25) is 5.91 Å². The van der Waals surface area contributed by atoms with E-state index < -0.39 is 0 Å². The molecule has 1 heterocycles. The van der Waals surface area contributed by atoms with E-state index in [-0.39, 0.29) is 11.8 Å². The molecule has 0 aromatic heterocycles. The molecular weight excluding hydrogens is 238 g/mol. The van der Waals surface area contributed by atoms with E-state index in [1.165, 1.54) is 0 Å². The number of benzene rings is 1. The second-order valence-electron chi connectivity index (χ2n) is 5.59. The lowest BCUT2D eigenvalue weighted by atomic mass is 9.97. The molecule has 1 aliphatic rings. The highest BCUT2D eigenvalue weighted by Crippen LogP contribution is 2.20. The molecule has 2 atom stereocenters. The molecule has 0 bridgehead atoms. The topological polar surface area (TPSA) is 58.4 Å². The number of carbonyl (C=O) groups excluding carboxylic acids is 1. The Morgan fingerprint density at radius 2 is 2.16 bits per heavy atom. The van der Waals surface area contributed by atoms with Crippen molar-refractivity contribution in [2.75, 3.05) is 25.9 Å². The van der Waals surface area contributed by atoms with Crippen molar-refractivity contribution in [3.63, 3.8) is 0 Å². The second kappa shape index (κ2) is 6.06. The summed E-state index contributed by atoms with van der Waals surface area (Å²) in [4.78, 5) is 14.2. The number of anilines is 1. The number of likely N-dealkylation sites (tertiary alicyclic amines) is 1. The van der Waals surface area contributed by atoms with E-state index in [2.05, 4.69) is 24.2 Å². The predicted octanol–water partition coefficient (Wildman–Crippen LogP) is 1.58. The fraction of sp³-hybridized carbons (Fsp3) is 0.533. The summed E-state index contributed by atoms with van der Waals surface area (Å²) in [6.07, 6.45) is 1.59. The Morgan fingerprint density at radius 3 is 2.74 bits per heavy atom. The normalized spacial score (nSPS) is 21.3. The van der Waals surface area contributed by atoms with E-state index in [4.69, 9.17) is 5.73 Å². The second-order valence-corrected chi connectivity index (χ2v) is 5.59. The van der Waals surface area contributed by atoms with E-state index in [1.54, 1.807) is 0 Å². The third-order valence-corrected chi connectivity index (χ3v) is 3.75. The van der Waals surface area contributed by atoms with Crippen LogP contribution in [0.3, 0.4) is 0 Å². The first-order valence-corrected chi connectivity index (χ1v) is 6.88. The van der Waals surface area contributed by atoms with Crippen molar-refractivity contribution >= 4 is 11.6 Å². The van der Waals surface area contributed by atoms with Crippen molar-refractivity contribution in [2.45, 2.75) is 31.7 Å². The summed E-state index contributed by atoms with van der Waals surface area (Å²) in [7, 11) is 2.09. The molecule has 1 fully saturated rings. The summed E-state index contributed by atoms with van der Waals surface area (Å²) >= 11 is 0. The van der Waals surface area contributed by atoms with Gasteiger partial charge in [0.05, 0.1) is 0 Å². The highest BCUT2D eigenvalue weighted by Gasteiger charge is 2.21. The van der Waals surface area contributed by atoms with Crippen molar-refractivity contribution in [1.82, 2.24) is 10.2 Å². The summed E-state index contributed by atoms with van der Waals surface area (Å²) < 4.78 is 0. The van der Waals surface area contributed by atoms with Gasteiger partial charge in [-0.1, -0.05) is 19.1 Å². The third kappa shape index (κ3) is 3.96. The monoisotopic (exact) mass is 261 g/mol. The summed E-state index contributed by atoms with van der Waals surface area (Å²) in [6.45, 7) is 4.10. The van der Waals surface area contributed by atoms with Gasteiger partial charge in [0.25, 0.3) is 0 Å². The van der Waals surface area contributed by atoms with Gasteiger partial charge in [-0.25, -0.2) is 0 Å². The fourth-order valence-corrected chi connectivity index (χ4v) is 2.56. The molecule has 3 N–H and O–H groups in total. The number of likely N-dealkylation sites (N-methyl/N-ethyl adjacent to an activating group) is 1. The third-order valence-electron chi connectivity index (χ3n) is 3.75. The minimum Gasteiger partial charge on any atom is -0.399 e. The summed E-state index contributed by atoms with van der Waals surface area (Å²) in [5.41, 5.74) is 7.58. The number of hydrogen-bond acceptors (Lipinski definition) is 3. The molecular formula is C15H23N3O. The SMILES string of the molecule is CC(CC(=O)NC1CCN(C)C1)c1ccc(N)cc1. The zero-order valence-corrected chi connectivity index (χ0v) is 11.7. The van der Waals surface area contributed by atoms with Crippen LogP contribution in [-0.4, -0.2) is 37.0 Å². The smallest absolute Gasteiger partial charge is 0.220 e. The Hall–Kier alpha value is -1.55.